The predicted octanol–water partition coefficient (Wildman–Crippen LogP) is 2.02. The van der Waals surface area contributed by atoms with E-state index in [4.69, 9.17) is 0 Å². The molecule has 0 amide bonds. The van der Waals surface area contributed by atoms with Crippen molar-refractivity contribution < 1.29 is 4.39 Å². The number of aryl methyl sites for hydroxylation is 2. The van der Waals surface area contributed by atoms with Crippen LogP contribution in [0, 0.1) is 12.7 Å². The van der Waals surface area contributed by atoms with Crippen LogP contribution in [-0.2, 0) is 7.05 Å². The Hall–Kier alpha value is -1.38. The molecule has 1 heterocycles. The molecule has 0 spiro atoms. The summed E-state index contributed by atoms with van der Waals surface area (Å²) in [6, 6.07) is 3.44. The van der Waals surface area contributed by atoms with E-state index in [9.17, 15) is 4.39 Å². The van der Waals surface area contributed by atoms with E-state index >= 15 is 0 Å². The maximum atomic E-state index is 13.3. The molecule has 0 radical (unpaired) electrons. The molecule has 2 aromatic rings. The summed E-state index contributed by atoms with van der Waals surface area (Å²) in [4.78, 5) is 0. The van der Waals surface area contributed by atoms with Gasteiger partial charge in [0.05, 0.1) is 6.20 Å². The standard InChI is InChI=1S/C9H9FN2/c1-6-3-7-5-11-12(2)9(7)8(10)4-6/h3-5H,1-2H3. The highest BCUT2D eigenvalue weighted by atomic mass is 19.1. The van der Waals surface area contributed by atoms with Gasteiger partial charge in [0.2, 0.25) is 0 Å². The fourth-order valence-electron chi connectivity index (χ4n) is 1.41. The fourth-order valence-corrected chi connectivity index (χ4v) is 1.41. The van der Waals surface area contributed by atoms with Crippen LogP contribution in [0.1, 0.15) is 5.56 Å². The molecule has 3 heteroatoms. The second-order valence-corrected chi connectivity index (χ2v) is 2.95. The molecule has 0 unspecified atom stereocenters. The molecule has 2 nitrogen and oxygen atoms in total. The molecule has 0 aliphatic heterocycles. The van der Waals surface area contributed by atoms with Gasteiger partial charge in [-0.2, -0.15) is 5.10 Å². The second kappa shape index (κ2) is 2.30. The summed E-state index contributed by atoms with van der Waals surface area (Å²) < 4.78 is 14.8. The lowest BCUT2D eigenvalue weighted by atomic mass is 10.2. The summed E-state index contributed by atoms with van der Waals surface area (Å²) in [5.74, 6) is -0.204. The Morgan fingerprint density at radius 1 is 1.42 bits per heavy atom. The number of rotatable bonds is 0. The monoisotopic (exact) mass is 164 g/mol. The SMILES string of the molecule is Cc1cc(F)c2c(cnn2C)c1. The molecule has 0 bridgehead atoms. The molecule has 0 fully saturated rings. The Morgan fingerprint density at radius 3 is 2.92 bits per heavy atom. The average molecular weight is 164 g/mol. The lowest BCUT2D eigenvalue weighted by molar-refractivity contribution is 0.624. The molecule has 0 N–H and O–H groups in total. The molecule has 0 saturated carbocycles. The minimum atomic E-state index is -0.204. The Bertz CT molecular complexity index is 431. The number of aromatic nitrogens is 2. The Labute approximate surface area is 69.6 Å². The Morgan fingerprint density at radius 2 is 2.17 bits per heavy atom. The summed E-state index contributed by atoms with van der Waals surface area (Å²) in [6.07, 6.45) is 1.67. The fraction of sp³-hybridized carbons (Fsp3) is 0.222. The van der Waals surface area contributed by atoms with Gasteiger partial charge in [-0.3, -0.25) is 4.68 Å². The highest BCUT2D eigenvalue weighted by molar-refractivity contribution is 5.79. The summed E-state index contributed by atoms with van der Waals surface area (Å²) in [6.45, 7) is 1.87. The topological polar surface area (TPSA) is 17.8 Å². The van der Waals surface area contributed by atoms with Crippen LogP contribution in [0.3, 0.4) is 0 Å². The maximum absolute atomic E-state index is 13.3. The van der Waals surface area contributed by atoms with Gasteiger partial charge in [0.15, 0.2) is 0 Å². The van der Waals surface area contributed by atoms with Crippen molar-refractivity contribution in [2.24, 2.45) is 7.05 Å². The lowest BCUT2D eigenvalue weighted by Gasteiger charge is -1.97. The molecule has 2 rings (SSSR count). The molecule has 1 aromatic carbocycles. The summed E-state index contributed by atoms with van der Waals surface area (Å²) in [7, 11) is 1.74. The quantitative estimate of drug-likeness (QED) is 0.582. The van der Waals surface area contributed by atoms with Gasteiger partial charge in [0.25, 0.3) is 0 Å². The van der Waals surface area contributed by atoms with E-state index in [2.05, 4.69) is 5.10 Å². The molecular formula is C9H9FN2. The molecule has 1 aromatic heterocycles. The van der Waals surface area contributed by atoms with Crippen molar-refractivity contribution in [3.05, 3.63) is 29.7 Å². The summed E-state index contributed by atoms with van der Waals surface area (Å²) >= 11 is 0. The largest absolute Gasteiger partial charge is 0.265 e. The molecule has 0 atom stereocenters. The van der Waals surface area contributed by atoms with E-state index in [1.807, 2.05) is 13.0 Å². The number of hydrogen-bond acceptors (Lipinski definition) is 1. The van der Waals surface area contributed by atoms with Gasteiger partial charge in [-0.25, -0.2) is 4.39 Å². The van der Waals surface area contributed by atoms with Crippen molar-refractivity contribution in [2.45, 2.75) is 6.92 Å². The van der Waals surface area contributed by atoms with Crippen molar-refractivity contribution in [1.29, 1.82) is 0 Å². The van der Waals surface area contributed by atoms with Crippen LogP contribution in [0.25, 0.3) is 10.9 Å². The van der Waals surface area contributed by atoms with Gasteiger partial charge < -0.3 is 0 Å². The van der Waals surface area contributed by atoms with Crippen molar-refractivity contribution in [3.63, 3.8) is 0 Å². The van der Waals surface area contributed by atoms with Crippen molar-refractivity contribution in [1.82, 2.24) is 9.78 Å². The van der Waals surface area contributed by atoms with Crippen LogP contribution < -0.4 is 0 Å². The summed E-state index contributed by atoms with van der Waals surface area (Å²) in [5.41, 5.74) is 1.49. The molecule has 62 valence electrons. The van der Waals surface area contributed by atoms with Gasteiger partial charge in [0.1, 0.15) is 11.3 Å². The van der Waals surface area contributed by atoms with Crippen LogP contribution >= 0.6 is 0 Å². The van der Waals surface area contributed by atoms with Gasteiger partial charge in [-0.15, -0.1) is 0 Å². The lowest BCUT2D eigenvalue weighted by Crippen LogP contribution is -1.91. The summed E-state index contributed by atoms with van der Waals surface area (Å²) in [5, 5.41) is 4.83. The number of halogens is 1. The third-order valence-electron chi connectivity index (χ3n) is 1.93. The highest BCUT2D eigenvalue weighted by Gasteiger charge is 2.05. The second-order valence-electron chi connectivity index (χ2n) is 2.95. The normalized spacial score (nSPS) is 10.9. The van der Waals surface area contributed by atoms with Crippen molar-refractivity contribution in [2.75, 3.05) is 0 Å². The Kier molecular flexibility index (Phi) is 1.40. The van der Waals surface area contributed by atoms with E-state index in [0.29, 0.717) is 5.52 Å². The zero-order valence-corrected chi connectivity index (χ0v) is 7.00. The average Bonchev–Trinajstić information content (AvgIpc) is 2.31. The van der Waals surface area contributed by atoms with Crippen LogP contribution in [0.15, 0.2) is 18.3 Å². The van der Waals surface area contributed by atoms with Gasteiger partial charge in [0, 0.05) is 12.4 Å². The first kappa shape index (κ1) is 7.28. The predicted molar refractivity (Wildman–Crippen MR) is 45.4 cm³/mol. The Balaban J connectivity index is 2.93. The van der Waals surface area contributed by atoms with Gasteiger partial charge in [-0.05, 0) is 24.6 Å². The molecular weight excluding hydrogens is 155 g/mol. The van der Waals surface area contributed by atoms with E-state index < -0.39 is 0 Å². The zero-order chi connectivity index (χ0) is 8.72. The molecule has 0 saturated heterocycles. The highest BCUT2D eigenvalue weighted by Crippen LogP contribution is 2.18. The minimum absolute atomic E-state index is 0.204. The number of fused-ring (bicyclic) bond motifs is 1. The van der Waals surface area contributed by atoms with E-state index in [0.717, 1.165) is 10.9 Å². The molecule has 12 heavy (non-hydrogen) atoms. The molecule has 0 aliphatic carbocycles. The zero-order valence-electron chi connectivity index (χ0n) is 7.00. The molecule has 0 aliphatic rings. The van der Waals surface area contributed by atoms with Gasteiger partial charge >= 0.3 is 0 Å². The number of hydrogen-bond donors (Lipinski definition) is 0. The van der Waals surface area contributed by atoms with Crippen LogP contribution in [0.2, 0.25) is 0 Å². The van der Waals surface area contributed by atoms with Crippen molar-refractivity contribution in [3.8, 4) is 0 Å². The van der Waals surface area contributed by atoms with Crippen LogP contribution in [-0.4, -0.2) is 9.78 Å². The first-order valence-corrected chi connectivity index (χ1v) is 3.76. The van der Waals surface area contributed by atoms with E-state index in [1.165, 1.54) is 6.07 Å². The van der Waals surface area contributed by atoms with Crippen molar-refractivity contribution >= 4 is 10.9 Å². The number of nitrogens with zero attached hydrogens (tertiary/aromatic N) is 2. The van der Waals surface area contributed by atoms with E-state index in [1.54, 1.807) is 17.9 Å². The third-order valence-corrected chi connectivity index (χ3v) is 1.93. The first-order valence-electron chi connectivity index (χ1n) is 3.76. The first-order chi connectivity index (χ1) is 5.68. The number of benzene rings is 1. The maximum Gasteiger partial charge on any atom is 0.149 e. The smallest absolute Gasteiger partial charge is 0.149 e. The van der Waals surface area contributed by atoms with Gasteiger partial charge in [-0.1, -0.05) is 0 Å². The van der Waals surface area contributed by atoms with Crippen LogP contribution in [0.5, 0.6) is 0 Å². The van der Waals surface area contributed by atoms with Crippen LogP contribution in [0.4, 0.5) is 4.39 Å². The minimum Gasteiger partial charge on any atom is -0.265 e. The van der Waals surface area contributed by atoms with E-state index in [-0.39, 0.29) is 5.82 Å². The third kappa shape index (κ3) is 0.897.